The molecule has 1 atom stereocenters. The molecular weight excluding hydrogens is 592 g/mol. The maximum atomic E-state index is 15.8. The van der Waals surface area contributed by atoms with Crippen molar-refractivity contribution in [1.29, 1.82) is 5.26 Å². The number of aromatic nitrogens is 2. The lowest BCUT2D eigenvalue weighted by atomic mass is 9.82. The van der Waals surface area contributed by atoms with Gasteiger partial charge in [0, 0.05) is 41.1 Å². The lowest BCUT2D eigenvalue weighted by Gasteiger charge is -2.45. The van der Waals surface area contributed by atoms with Gasteiger partial charge in [0.05, 0.1) is 22.6 Å². The van der Waals surface area contributed by atoms with Crippen molar-refractivity contribution < 1.29 is 13.2 Å². The Morgan fingerprint density at radius 3 is 2.49 bits per heavy atom. The third-order valence-electron chi connectivity index (χ3n) is 9.67. The highest BCUT2D eigenvalue weighted by Crippen LogP contribution is 2.57. The van der Waals surface area contributed by atoms with Gasteiger partial charge in [-0.25, -0.2) is 23.1 Å². The summed E-state index contributed by atoms with van der Waals surface area (Å²) in [6, 6.07) is 6.60. The lowest BCUT2D eigenvalue weighted by molar-refractivity contribution is -0.0339. The molecule has 1 unspecified atom stereocenters. The summed E-state index contributed by atoms with van der Waals surface area (Å²) in [5, 5.41) is 13.3. The number of nitrogens with zero attached hydrogens (tertiary/aromatic N) is 5. The molecule has 0 saturated heterocycles. The minimum atomic E-state index is -3.35. The third kappa shape index (κ3) is 6.51. The van der Waals surface area contributed by atoms with Crippen LogP contribution in [0.4, 0.5) is 24.8 Å². The van der Waals surface area contributed by atoms with E-state index < -0.39 is 33.9 Å². The number of thiol groups is 1. The van der Waals surface area contributed by atoms with Crippen LogP contribution in [0.3, 0.4) is 0 Å². The van der Waals surface area contributed by atoms with Gasteiger partial charge in [0.25, 0.3) is 5.92 Å². The lowest BCUT2D eigenvalue weighted by Crippen LogP contribution is -2.47. The van der Waals surface area contributed by atoms with Gasteiger partial charge in [-0.3, -0.25) is 4.90 Å². The molecule has 6 bridgehead atoms. The Labute approximate surface area is 272 Å². The predicted octanol–water partition coefficient (Wildman–Crippen LogP) is 7.86. The van der Waals surface area contributed by atoms with Gasteiger partial charge in [-0.2, -0.15) is 17.9 Å². The number of anilines is 2. The molecule has 0 amide bonds. The van der Waals surface area contributed by atoms with Crippen molar-refractivity contribution in [2.24, 2.45) is 5.41 Å². The van der Waals surface area contributed by atoms with Crippen LogP contribution in [-0.2, 0) is 12.5 Å². The predicted molar refractivity (Wildman–Crippen MR) is 178 cm³/mol. The molecular formula is C34H42BF3N6S. The summed E-state index contributed by atoms with van der Waals surface area (Å²) in [7, 11) is 6.97. The average molecular weight is 635 g/mol. The molecule has 11 heteroatoms. The van der Waals surface area contributed by atoms with Crippen molar-refractivity contribution in [2.45, 2.75) is 102 Å². The van der Waals surface area contributed by atoms with Gasteiger partial charge in [-0.1, -0.05) is 51.0 Å². The first-order valence-corrected chi connectivity index (χ1v) is 16.3. The molecule has 2 aromatic rings. The fraction of sp³-hybridized carbons (Fsp3) is 0.559. The Kier molecular flexibility index (Phi) is 9.15. The Bertz CT molecular complexity index is 1550. The smallest absolute Gasteiger partial charge is 0.277 e. The second kappa shape index (κ2) is 12.3. The summed E-state index contributed by atoms with van der Waals surface area (Å²) in [5.41, 5.74) is 0.347. The molecule has 1 saturated carbocycles. The Morgan fingerprint density at radius 1 is 1.11 bits per heavy atom. The van der Waals surface area contributed by atoms with Crippen molar-refractivity contribution in [1.82, 2.24) is 14.9 Å². The highest BCUT2D eigenvalue weighted by Gasteiger charge is 2.51. The quantitative estimate of drug-likeness (QED) is 0.259. The van der Waals surface area contributed by atoms with E-state index in [9.17, 15) is 5.26 Å². The molecule has 1 fully saturated rings. The number of rotatable bonds is 2. The third-order valence-corrected chi connectivity index (χ3v) is 10.1. The molecule has 238 valence electrons. The van der Waals surface area contributed by atoms with Crippen LogP contribution in [0.5, 0.6) is 0 Å². The van der Waals surface area contributed by atoms with Crippen molar-refractivity contribution in [3.8, 4) is 6.07 Å². The highest BCUT2D eigenvalue weighted by atomic mass is 32.1. The van der Waals surface area contributed by atoms with E-state index in [2.05, 4.69) is 41.7 Å². The molecule has 1 aromatic heterocycles. The molecule has 6 nitrogen and oxygen atoms in total. The number of aryl methyl sites for hydroxylation is 1. The zero-order chi connectivity index (χ0) is 32.8. The van der Waals surface area contributed by atoms with Gasteiger partial charge in [-0.05, 0) is 64.6 Å². The van der Waals surface area contributed by atoms with Gasteiger partial charge in [0.2, 0.25) is 0 Å². The normalized spacial score (nSPS) is 25.0. The van der Waals surface area contributed by atoms with Gasteiger partial charge in [0.15, 0.2) is 0 Å². The Hall–Kier alpha value is -2.97. The van der Waals surface area contributed by atoms with Gasteiger partial charge in [0.1, 0.15) is 31.1 Å². The van der Waals surface area contributed by atoms with E-state index in [-0.39, 0.29) is 24.2 Å². The second-order valence-corrected chi connectivity index (χ2v) is 14.1. The first-order valence-electron chi connectivity index (χ1n) is 15.8. The molecule has 1 N–H and O–H groups in total. The summed E-state index contributed by atoms with van der Waals surface area (Å²) in [6.45, 7) is 12.9. The summed E-state index contributed by atoms with van der Waals surface area (Å²) in [6.07, 6.45) is 6.57. The Balaban J connectivity index is 1.60. The number of allylic oxidation sites excluding steroid dienone is 1. The zero-order valence-corrected chi connectivity index (χ0v) is 27.6. The molecule has 2 aliphatic heterocycles. The van der Waals surface area contributed by atoms with Crippen LogP contribution in [0.25, 0.3) is 6.08 Å². The second-order valence-electron chi connectivity index (χ2n) is 13.3. The largest absolute Gasteiger partial charge is 0.365 e. The maximum absolute atomic E-state index is 15.8. The van der Waals surface area contributed by atoms with Crippen molar-refractivity contribution in [3.05, 3.63) is 64.4 Å². The minimum absolute atomic E-state index is 0.0884. The van der Waals surface area contributed by atoms with E-state index in [1.165, 1.54) is 18.2 Å². The number of halogens is 3. The molecule has 1 aromatic carbocycles. The number of fused-ring (bicyclic) bond motifs is 2. The van der Waals surface area contributed by atoms with Crippen molar-refractivity contribution in [2.75, 3.05) is 23.3 Å². The monoisotopic (exact) mass is 634 g/mol. The van der Waals surface area contributed by atoms with Crippen LogP contribution >= 0.6 is 12.6 Å². The standard InChI is InChI=1S/C34H42BF3N6S/c1-6-43-18-17-33(37,38)26-12-10-11-24(28(26)36)20-40-29-25-19-27(32(21-39)15-16-32)22(2)44(30(25)42-23(3)41-29)34(35,45)14-9-7-8-13-31(43,4)5/h10-12,19,45H,2,6-9,13-18,20H2,1,3-5H3,(H,40,41,42). The number of hydrogen-bond acceptors (Lipinski definition) is 7. The highest BCUT2D eigenvalue weighted by molar-refractivity contribution is 7.83. The first kappa shape index (κ1) is 33.4. The fourth-order valence-electron chi connectivity index (χ4n) is 6.74. The van der Waals surface area contributed by atoms with Crippen LogP contribution in [0, 0.1) is 29.5 Å². The zero-order valence-electron chi connectivity index (χ0n) is 26.7. The number of nitrogens with one attached hydrogen (secondary N) is 1. The SMILES string of the molecule is [B]C1(S)CCCCCC(C)(C)N(CC)CCC(F)(F)c2cccc(c2F)CNc2nc(C)nc3c2C=C(C2(C#N)CC2)C(=C)N31. The van der Waals surface area contributed by atoms with Gasteiger partial charge < -0.3 is 10.2 Å². The van der Waals surface area contributed by atoms with E-state index >= 15 is 13.2 Å². The first-order chi connectivity index (χ1) is 21.2. The Morgan fingerprint density at radius 2 is 1.82 bits per heavy atom. The number of alkyl halides is 2. The minimum Gasteiger partial charge on any atom is -0.365 e. The van der Waals surface area contributed by atoms with Crippen LogP contribution < -0.4 is 10.2 Å². The summed E-state index contributed by atoms with van der Waals surface area (Å²) in [5.74, 6) is -2.98. The van der Waals surface area contributed by atoms with Crippen LogP contribution in [-0.4, -0.2) is 46.1 Å². The summed E-state index contributed by atoms with van der Waals surface area (Å²) < 4.78 is 45.8. The van der Waals surface area contributed by atoms with Crippen LogP contribution in [0.15, 0.2) is 36.0 Å². The fourth-order valence-corrected chi connectivity index (χ4v) is 7.12. The molecule has 45 heavy (non-hydrogen) atoms. The van der Waals surface area contributed by atoms with E-state index in [0.29, 0.717) is 54.5 Å². The van der Waals surface area contributed by atoms with E-state index in [1.54, 1.807) is 11.8 Å². The van der Waals surface area contributed by atoms with Crippen molar-refractivity contribution >= 4 is 38.2 Å². The number of benzene rings is 1. The van der Waals surface area contributed by atoms with Gasteiger partial charge in [-0.15, -0.1) is 0 Å². The average Bonchev–Trinajstić information content (AvgIpc) is 3.76. The molecule has 5 rings (SSSR count). The number of hydrogen-bond donors (Lipinski definition) is 2. The van der Waals surface area contributed by atoms with Gasteiger partial charge >= 0.3 is 0 Å². The molecule has 1 aliphatic carbocycles. The summed E-state index contributed by atoms with van der Waals surface area (Å²) >= 11 is 4.97. The van der Waals surface area contributed by atoms with Crippen LogP contribution in [0.2, 0.25) is 0 Å². The molecule has 2 radical (unpaired) electrons. The molecule has 0 spiro atoms. The molecule has 3 aliphatic rings. The molecule has 3 heterocycles. The van der Waals surface area contributed by atoms with E-state index in [1.807, 2.05) is 13.0 Å². The summed E-state index contributed by atoms with van der Waals surface area (Å²) in [4.78, 5) is 13.2. The van der Waals surface area contributed by atoms with Crippen molar-refractivity contribution in [3.63, 3.8) is 0 Å². The maximum Gasteiger partial charge on any atom is 0.277 e. The number of nitriles is 1. The van der Waals surface area contributed by atoms with E-state index in [0.717, 1.165) is 31.3 Å². The topological polar surface area (TPSA) is 68.1 Å². The van der Waals surface area contributed by atoms with E-state index in [4.69, 9.17) is 25.5 Å². The van der Waals surface area contributed by atoms with Crippen LogP contribution in [0.1, 0.15) is 94.7 Å².